The van der Waals surface area contributed by atoms with E-state index in [0.29, 0.717) is 12.3 Å². The number of nitrogens with zero attached hydrogens (tertiary/aromatic N) is 6. The molecule has 8 heteroatoms. The fourth-order valence-electron chi connectivity index (χ4n) is 5.40. The molecular formula is C31H40N6O2. The predicted octanol–water partition coefficient (Wildman–Crippen LogP) is 5.96. The Morgan fingerprint density at radius 2 is 1.69 bits per heavy atom. The van der Waals surface area contributed by atoms with Crippen molar-refractivity contribution in [2.75, 3.05) is 31.1 Å². The summed E-state index contributed by atoms with van der Waals surface area (Å²) < 4.78 is 7.43. The van der Waals surface area contributed by atoms with Crippen molar-refractivity contribution in [1.82, 2.24) is 24.5 Å². The summed E-state index contributed by atoms with van der Waals surface area (Å²) in [6.07, 6.45) is 16.2. The Kier molecular flexibility index (Phi) is 9.25. The standard InChI is InChI=1S/C31H40N6O2/c1-2-3-4-5-6-7-8-11-30(38)36-20-18-35(19-21-36)26-14-12-25(13-15-26)28-23-32-29(37-24-33-34-31(28)37)17-16-27-10-9-22-39-27/h9-10,12-15,22-24H,2-8,11,16-21H2,1H3. The van der Waals surface area contributed by atoms with Gasteiger partial charge in [0.1, 0.15) is 17.9 Å². The van der Waals surface area contributed by atoms with Gasteiger partial charge in [0.05, 0.1) is 6.26 Å². The number of furan rings is 1. The monoisotopic (exact) mass is 528 g/mol. The largest absolute Gasteiger partial charge is 0.469 e. The highest BCUT2D eigenvalue weighted by Gasteiger charge is 2.21. The van der Waals surface area contributed by atoms with E-state index < -0.39 is 0 Å². The summed E-state index contributed by atoms with van der Waals surface area (Å²) in [6.45, 7) is 5.56. The third-order valence-electron chi connectivity index (χ3n) is 7.75. The molecule has 3 aromatic heterocycles. The maximum absolute atomic E-state index is 12.7. The Balaban J connectivity index is 1.13. The fourth-order valence-corrected chi connectivity index (χ4v) is 5.40. The number of anilines is 1. The van der Waals surface area contributed by atoms with Crippen LogP contribution in [-0.2, 0) is 17.6 Å². The molecule has 8 nitrogen and oxygen atoms in total. The molecule has 1 aliphatic heterocycles. The number of benzene rings is 1. The Morgan fingerprint density at radius 1 is 0.923 bits per heavy atom. The third kappa shape index (κ3) is 6.85. The average Bonchev–Trinajstić information content (AvgIpc) is 3.69. The van der Waals surface area contributed by atoms with E-state index in [1.54, 1.807) is 12.6 Å². The number of rotatable bonds is 13. The molecule has 5 rings (SSSR count). The van der Waals surface area contributed by atoms with E-state index >= 15 is 0 Å². The molecule has 0 atom stereocenters. The van der Waals surface area contributed by atoms with E-state index in [4.69, 9.17) is 9.40 Å². The summed E-state index contributed by atoms with van der Waals surface area (Å²) >= 11 is 0. The molecule has 0 unspecified atom stereocenters. The number of unbranched alkanes of at least 4 members (excludes halogenated alkanes) is 6. The van der Waals surface area contributed by atoms with Gasteiger partial charge >= 0.3 is 0 Å². The number of aromatic nitrogens is 4. The number of amides is 1. The normalized spacial score (nSPS) is 13.9. The molecule has 0 bridgehead atoms. The lowest BCUT2D eigenvalue weighted by Crippen LogP contribution is -2.48. The van der Waals surface area contributed by atoms with Gasteiger partial charge in [-0.15, -0.1) is 10.2 Å². The van der Waals surface area contributed by atoms with Crippen LogP contribution in [0.25, 0.3) is 16.8 Å². The van der Waals surface area contributed by atoms with E-state index in [9.17, 15) is 4.79 Å². The van der Waals surface area contributed by atoms with Crippen molar-refractivity contribution in [3.05, 3.63) is 66.8 Å². The molecule has 0 radical (unpaired) electrons. The number of hydrogen-bond donors (Lipinski definition) is 0. The van der Waals surface area contributed by atoms with E-state index in [1.807, 2.05) is 27.6 Å². The molecule has 1 amide bonds. The zero-order valence-electron chi connectivity index (χ0n) is 23.1. The molecule has 4 aromatic rings. The van der Waals surface area contributed by atoms with Crippen molar-refractivity contribution in [2.24, 2.45) is 0 Å². The van der Waals surface area contributed by atoms with Crippen LogP contribution in [0.4, 0.5) is 5.69 Å². The molecule has 1 fully saturated rings. The van der Waals surface area contributed by atoms with Crippen molar-refractivity contribution < 1.29 is 9.21 Å². The molecule has 0 spiro atoms. The van der Waals surface area contributed by atoms with Gasteiger partial charge in [0, 0.05) is 62.9 Å². The summed E-state index contributed by atoms with van der Waals surface area (Å²) in [4.78, 5) is 21.8. The van der Waals surface area contributed by atoms with Gasteiger partial charge in [-0.2, -0.15) is 0 Å². The van der Waals surface area contributed by atoms with Crippen LogP contribution in [0.2, 0.25) is 0 Å². The topological polar surface area (TPSA) is 79.8 Å². The summed E-state index contributed by atoms with van der Waals surface area (Å²) in [7, 11) is 0. The number of piperazine rings is 1. The second kappa shape index (κ2) is 13.4. The number of aryl methyl sites for hydroxylation is 2. The van der Waals surface area contributed by atoms with E-state index in [0.717, 1.165) is 73.8 Å². The quantitative estimate of drug-likeness (QED) is 0.199. The zero-order valence-corrected chi connectivity index (χ0v) is 23.1. The summed E-state index contributed by atoms with van der Waals surface area (Å²) in [5.74, 6) is 2.17. The minimum Gasteiger partial charge on any atom is -0.469 e. The zero-order chi connectivity index (χ0) is 26.9. The highest BCUT2D eigenvalue weighted by molar-refractivity contribution is 5.78. The van der Waals surface area contributed by atoms with Gasteiger partial charge in [0.15, 0.2) is 5.65 Å². The maximum Gasteiger partial charge on any atom is 0.222 e. The number of carbonyl (C=O) groups excluding carboxylic acids is 1. The number of hydrogen-bond acceptors (Lipinski definition) is 6. The Labute approximate surface area is 231 Å². The molecule has 1 saturated heterocycles. The lowest BCUT2D eigenvalue weighted by atomic mass is 10.1. The smallest absolute Gasteiger partial charge is 0.222 e. The summed E-state index contributed by atoms with van der Waals surface area (Å²) in [5, 5.41) is 8.54. The van der Waals surface area contributed by atoms with Crippen LogP contribution in [0.3, 0.4) is 0 Å². The van der Waals surface area contributed by atoms with Crippen LogP contribution in [0, 0.1) is 0 Å². The van der Waals surface area contributed by atoms with Gasteiger partial charge in [-0.25, -0.2) is 4.98 Å². The van der Waals surface area contributed by atoms with Crippen LogP contribution < -0.4 is 4.90 Å². The Morgan fingerprint density at radius 3 is 2.44 bits per heavy atom. The van der Waals surface area contributed by atoms with Gasteiger partial charge in [0.2, 0.25) is 5.91 Å². The lowest BCUT2D eigenvalue weighted by Gasteiger charge is -2.36. The molecule has 39 heavy (non-hydrogen) atoms. The van der Waals surface area contributed by atoms with Crippen LogP contribution >= 0.6 is 0 Å². The molecule has 0 saturated carbocycles. The van der Waals surface area contributed by atoms with Gasteiger partial charge in [0.25, 0.3) is 0 Å². The van der Waals surface area contributed by atoms with Crippen molar-refractivity contribution in [3.63, 3.8) is 0 Å². The molecule has 1 aliphatic rings. The minimum atomic E-state index is 0.316. The number of carbonyl (C=O) groups is 1. The first-order valence-corrected chi connectivity index (χ1v) is 14.6. The van der Waals surface area contributed by atoms with Gasteiger partial charge in [-0.1, -0.05) is 57.6 Å². The van der Waals surface area contributed by atoms with Crippen molar-refractivity contribution in [1.29, 1.82) is 0 Å². The van der Waals surface area contributed by atoms with Crippen LogP contribution in [-0.4, -0.2) is 56.6 Å². The molecule has 0 aliphatic carbocycles. The second-order valence-corrected chi connectivity index (χ2v) is 10.5. The van der Waals surface area contributed by atoms with E-state index in [1.165, 1.54) is 44.2 Å². The van der Waals surface area contributed by atoms with Crippen LogP contribution in [0.5, 0.6) is 0 Å². The van der Waals surface area contributed by atoms with Gasteiger partial charge < -0.3 is 14.2 Å². The van der Waals surface area contributed by atoms with E-state index in [-0.39, 0.29) is 0 Å². The van der Waals surface area contributed by atoms with Gasteiger partial charge in [-0.3, -0.25) is 9.20 Å². The molecule has 0 N–H and O–H groups in total. The van der Waals surface area contributed by atoms with Crippen LogP contribution in [0.1, 0.15) is 69.9 Å². The lowest BCUT2D eigenvalue weighted by molar-refractivity contribution is -0.131. The first kappa shape index (κ1) is 26.9. The van der Waals surface area contributed by atoms with Crippen molar-refractivity contribution in [2.45, 2.75) is 71.1 Å². The average molecular weight is 529 g/mol. The van der Waals surface area contributed by atoms with Crippen molar-refractivity contribution >= 4 is 17.2 Å². The third-order valence-corrected chi connectivity index (χ3v) is 7.75. The molecule has 206 valence electrons. The van der Waals surface area contributed by atoms with E-state index in [2.05, 4.69) is 46.3 Å². The Bertz CT molecular complexity index is 1310. The first-order valence-electron chi connectivity index (χ1n) is 14.6. The Hall–Kier alpha value is -3.68. The maximum atomic E-state index is 12.7. The SMILES string of the molecule is CCCCCCCCCC(=O)N1CCN(c2ccc(-c3cnc(CCc4ccco4)n4cnnc34)cc2)CC1. The second-order valence-electron chi connectivity index (χ2n) is 10.5. The van der Waals surface area contributed by atoms with Crippen LogP contribution in [0.15, 0.2) is 59.6 Å². The molecule has 1 aromatic carbocycles. The summed E-state index contributed by atoms with van der Waals surface area (Å²) in [6, 6.07) is 12.4. The highest BCUT2D eigenvalue weighted by Crippen LogP contribution is 2.27. The molecule has 4 heterocycles. The molecular weight excluding hydrogens is 488 g/mol. The minimum absolute atomic E-state index is 0.316. The predicted molar refractivity (Wildman–Crippen MR) is 154 cm³/mol. The van der Waals surface area contributed by atoms with Gasteiger partial charge in [-0.05, 0) is 36.2 Å². The highest BCUT2D eigenvalue weighted by atomic mass is 16.3. The summed E-state index contributed by atoms with van der Waals surface area (Å²) in [5.41, 5.74) is 4.01. The first-order chi connectivity index (χ1) is 19.2. The fraction of sp³-hybridized carbons (Fsp3) is 0.484. The van der Waals surface area contributed by atoms with Crippen molar-refractivity contribution in [3.8, 4) is 11.1 Å². The number of fused-ring (bicyclic) bond motifs is 1.